The molecule has 0 aromatic heterocycles. The molecule has 1 aromatic carbocycles. The molecule has 0 spiro atoms. The third-order valence-corrected chi connectivity index (χ3v) is 3.76. The molecule has 26 heavy (non-hydrogen) atoms. The summed E-state index contributed by atoms with van der Waals surface area (Å²) in [6.45, 7) is 5.04. The average Bonchev–Trinajstić information content (AvgIpc) is 2.63. The molecular formula is C19H26N2O5. The zero-order valence-electron chi connectivity index (χ0n) is 15.3. The fourth-order valence-electron chi connectivity index (χ4n) is 2.32. The van der Waals surface area contributed by atoms with E-state index in [4.69, 9.17) is 4.74 Å². The average molecular weight is 362 g/mol. The van der Waals surface area contributed by atoms with E-state index in [1.54, 1.807) is 30.0 Å². The van der Waals surface area contributed by atoms with Gasteiger partial charge < -0.3 is 9.64 Å². The van der Waals surface area contributed by atoms with Crippen LogP contribution in [0.15, 0.2) is 30.3 Å². The van der Waals surface area contributed by atoms with E-state index in [1.807, 2.05) is 0 Å². The monoisotopic (exact) mass is 362 g/mol. The second-order valence-corrected chi connectivity index (χ2v) is 5.77. The number of amides is 1. The van der Waals surface area contributed by atoms with Crippen molar-refractivity contribution in [2.24, 2.45) is 0 Å². The van der Waals surface area contributed by atoms with Crippen molar-refractivity contribution < 1.29 is 19.2 Å². The van der Waals surface area contributed by atoms with Gasteiger partial charge >= 0.3 is 5.97 Å². The zero-order chi connectivity index (χ0) is 19.4. The molecule has 0 saturated carbocycles. The number of nitrogens with zero attached hydrogens (tertiary/aromatic N) is 2. The van der Waals surface area contributed by atoms with Gasteiger partial charge in [0.25, 0.3) is 5.69 Å². The number of benzene rings is 1. The van der Waals surface area contributed by atoms with Crippen molar-refractivity contribution in [1.82, 2.24) is 4.90 Å². The third kappa shape index (κ3) is 7.92. The van der Waals surface area contributed by atoms with Crippen LogP contribution in [-0.2, 0) is 14.3 Å². The molecule has 0 aliphatic carbocycles. The highest BCUT2D eigenvalue weighted by atomic mass is 16.6. The number of rotatable bonds is 11. The third-order valence-electron chi connectivity index (χ3n) is 3.76. The normalized spacial score (nSPS) is 10.7. The molecule has 0 heterocycles. The Bertz CT molecular complexity index is 625. The lowest BCUT2D eigenvalue weighted by atomic mass is 10.2. The summed E-state index contributed by atoms with van der Waals surface area (Å²) in [5, 5.41) is 10.7. The number of nitro benzene ring substituents is 1. The van der Waals surface area contributed by atoms with Crippen molar-refractivity contribution in [3.05, 3.63) is 46.0 Å². The van der Waals surface area contributed by atoms with Crippen LogP contribution in [0.4, 0.5) is 5.69 Å². The maximum absolute atomic E-state index is 12.4. The molecule has 1 aromatic rings. The highest BCUT2D eigenvalue weighted by Crippen LogP contribution is 2.13. The molecular weight excluding hydrogens is 336 g/mol. The number of esters is 1. The zero-order valence-corrected chi connectivity index (χ0v) is 15.3. The largest absolute Gasteiger partial charge is 0.466 e. The summed E-state index contributed by atoms with van der Waals surface area (Å²) < 4.78 is 4.91. The van der Waals surface area contributed by atoms with Gasteiger partial charge in [-0.25, -0.2) is 0 Å². The Kier molecular flexibility index (Phi) is 9.67. The molecule has 142 valence electrons. The number of unbranched alkanes of at least 4 members (excludes halogenated alkanes) is 2. The van der Waals surface area contributed by atoms with Crippen LogP contribution in [0.3, 0.4) is 0 Å². The van der Waals surface area contributed by atoms with Gasteiger partial charge in [-0.2, -0.15) is 0 Å². The Balaban J connectivity index is 2.69. The van der Waals surface area contributed by atoms with Gasteiger partial charge in [0.05, 0.1) is 18.0 Å². The number of carbonyl (C=O) groups is 2. The summed E-state index contributed by atoms with van der Waals surface area (Å²) in [5.74, 6) is -0.510. The molecule has 0 unspecified atom stereocenters. The van der Waals surface area contributed by atoms with Gasteiger partial charge in [-0.3, -0.25) is 19.7 Å². The summed E-state index contributed by atoms with van der Waals surface area (Å²) in [6, 6.07) is 5.96. The first kappa shape index (κ1) is 21.3. The quantitative estimate of drug-likeness (QED) is 0.197. The Morgan fingerprint density at radius 1 is 1.15 bits per heavy atom. The van der Waals surface area contributed by atoms with E-state index < -0.39 is 4.92 Å². The van der Waals surface area contributed by atoms with Crippen LogP contribution in [0.25, 0.3) is 6.08 Å². The van der Waals surface area contributed by atoms with Crippen LogP contribution >= 0.6 is 0 Å². The molecule has 7 nitrogen and oxygen atoms in total. The predicted molar refractivity (Wildman–Crippen MR) is 99.5 cm³/mol. The second-order valence-electron chi connectivity index (χ2n) is 5.77. The van der Waals surface area contributed by atoms with E-state index in [0.29, 0.717) is 25.3 Å². The Hall–Kier alpha value is -2.70. The van der Waals surface area contributed by atoms with Gasteiger partial charge in [-0.1, -0.05) is 19.8 Å². The van der Waals surface area contributed by atoms with Gasteiger partial charge in [0, 0.05) is 31.3 Å². The molecule has 0 atom stereocenters. The van der Waals surface area contributed by atoms with E-state index in [-0.39, 0.29) is 24.0 Å². The summed E-state index contributed by atoms with van der Waals surface area (Å²) in [6.07, 6.45) is 6.13. The molecule has 0 saturated heterocycles. The van der Waals surface area contributed by atoms with E-state index in [2.05, 4.69) is 6.92 Å². The number of nitro groups is 1. The lowest BCUT2D eigenvalue weighted by Gasteiger charge is -2.20. The van der Waals surface area contributed by atoms with E-state index in [1.165, 1.54) is 18.2 Å². The van der Waals surface area contributed by atoms with Crippen LogP contribution in [-0.4, -0.2) is 41.4 Å². The van der Waals surface area contributed by atoms with Crippen molar-refractivity contribution in [3.8, 4) is 0 Å². The molecule has 1 rings (SSSR count). The van der Waals surface area contributed by atoms with Crippen molar-refractivity contribution in [2.45, 2.75) is 39.5 Å². The standard InChI is InChI=1S/C19H26N2O5/c1-3-5-6-14-20(15-13-19(23)26-4-2)18(22)12-9-16-7-10-17(11-8-16)21(24)25/h7-12H,3-6,13-15H2,1-2H3/b12-9+. The minimum Gasteiger partial charge on any atom is -0.466 e. The number of hydrogen-bond donors (Lipinski definition) is 0. The molecule has 7 heteroatoms. The highest BCUT2D eigenvalue weighted by molar-refractivity contribution is 5.92. The van der Waals surface area contributed by atoms with Gasteiger partial charge in [0.2, 0.25) is 5.91 Å². The molecule has 0 fully saturated rings. The predicted octanol–water partition coefficient (Wildman–Crippen LogP) is 3.58. The summed E-state index contributed by atoms with van der Waals surface area (Å²) in [4.78, 5) is 35.8. The van der Waals surface area contributed by atoms with Crippen molar-refractivity contribution in [1.29, 1.82) is 0 Å². The highest BCUT2D eigenvalue weighted by Gasteiger charge is 2.13. The minimum atomic E-state index is -0.469. The molecule has 0 N–H and O–H groups in total. The first-order valence-corrected chi connectivity index (χ1v) is 8.85. The molecule has 1 amide bonds. The Labute approximate surface area is 153 Å². The lowest BCUT2D eigenvalue weighted by Crippen LogP contribution is -2.33. The SMILES string of the molecule is CCCCCN(CCC(=O)OCC)C(=O)/C=C/c1ccc([N+](=O)[O-])cc1. The fourth-order valence-corrected chi connectivity index (χ4v) is 2.32. The summed E-state index contributed by atoms with van der Waals surface area (Å²) in [5.41, 5.74) is 0.701. The molecule has 0 radical (unpaired) electrons. The fraction of sp³-hybridized carbons (Fsp3) is 0.474. The number of hydrogen-bond acceptors (Lipinski definition) is 5. The molecule has 0 aliphatic rings. The lowest BCUT2D eigenvalue weighted by molar-refractivity contribution is -0.384. The maximum atomic E-state index is 12.4. The van der Waals surface area contributed by atoms with Crippen molar-refractivity contribution >= 4 is 23.6 Å². The van der Waals surface area contributed by atoms with Gasteiger partial charge in [-0.15, -0.1) is 0 Å². The van der Waals surface area contributed by atoms with Crippen LogP contribution < -0.4 is 0 Å². The molecule has 0 bridgehead atoms. The second kappa shape index (κ2) is 11.8. The van der Waals surface area contributed by atoms with Crippen LogP contribution in [0.1, 0.15) is 45.1 Å². The Morgan fingerprint density at radius 3 is 2.42 bits per heavy atom. The Morgan fingerprint density at radius 2 is 1.85 bits per heavy atom. The first-order valence-electron chi connectivity index (χ1n) is 8.85. The topological polar surface area (TPSA) is 89.8 Å². The van der Waals surface area contributed by atoms with E-state index in [0.717, 1.165) is 19.3 Å². The minimum absolute atomic E-state index is 0.00380. The van der Waals surface area contributed by atoms with Gasteiger partial charge in [-0.05, 0) is 37.1 Å². The summed E-state index contributed by atoms with van der Waals surface area (Å²) >= 11 is 0. The van der Waals surface area contributed by atoms with Gasteiger partial charge in [0.15, 0.2) is 0 Å². The number of ether oxygens (including phenoxy) is 1. The van der Waals surface area contributed by atoms with E-state index >= 15 is 0 Å². The van der Waals surface area contributed by atoms with E-state index in [9.17, 15) is 19.7 Å². The smallest absolute Gasteiger partial charge is 0.307 e. The van der Waals surface area contributed by atoms with Crippen molar-refractivity contribution in [2.75, 3.05) is 19.7 Å². The molecule has 0 aliphatic heterocycles. The van der Waals surface area contributed by atoms with Crippen LogP contribution in [0, 0.1) is 10.1 Å². The van der Waals surface area contributed by atoms with Crippen molar-refractivity contribution in [3.63, 3.8) is 0 Å². The maximum Gasteiger partial charge on any atom is 0.307 e. The number of carbonyl (C=O) groups excluding carboxylic acids is 2. The van der Waals surface area contributed by atoms with Gasteiger partial charge in [0.1, 0.15) is 0 Å². The van der Waals surface area contributed by atoms with Crippen LogP contribution in [0.2, 0.25) is 0 Å². The first-order chi connectivity index (χ1) is 12.5. The number of non-ortho nitro benzene ring substituents is 1. The summed E-state index contributed by atoms with van der Waals surface area (Å²) in [7, 11) is 0. The van der Waals surface area contributed by atoms with Crippen LogP contribution in [0.5, 0.6) is 0 Å².